The van der Waals surface area contributed by atoms with Gasteiger partial charge < -0.3 is 4.74 Å². The van der Waals surface area contributed by atoms with Crippen molar-refractivity contribution in [2.75, 3.05) is 5.32 Å². The Kier molecular flexibility index (Phi) is 6.86. The maximum atomic E-state index is 13.1. The molecule has 1 amide bonds. The SMILES string of the molecule is CC(C)(C)OC(=O)Nc1cc(CNS(=O)C(C)(C)C)cc(C(F)(F)F)c1. The number of rotatable bonds is 4. The molecule has 0 fully saturated rings. The van der Waals surface area contributed by atoms with Crippen LogP contribution in [0.3, 0.4) is 0 Å². The van der Waals surface area contributed by atoms with E-state index in [9.17, 15) is 22.2 Å². The fraction of sp³-hybridized carbons (Fsp3) is 0.588. The van der Waals surface area contributed by atoms with Crippen LogP contribution in [0.25, 0.3) is 0 Å². The highest BCUT2D eigenvalue weighted by Gasteiger charge is 2.31. The van der Waals surface area contributed by atoms with Crippen LogP contribution in [0.1, 0.15) is 52.7 Å². The summed E-state index contributed by atoms with van der Waals surface area (Å²) in [5.41, 5.74) is -1.50. The smallest absolute Gasteiger partial charge is 0.416 e. The average Bonchev–Trinajstić information content (AvgIpc) is 2.40. The summed E-state index contributed by atoms with van der Waals surface area (Å²) in [6.07, 6.45) is -5.43. The maximum Gasteiger partial charge on any atom is 0.416 e. The normalized spacial score (nSPS) is 14.0. The molecule has 0 radical (unpaired) electrons. The van der Waals surface area contributed by atoms with Gasteiger partial charge in [-0.15, -0.1) is 0 Å². The molecule has 0 aliphatic heterocycles. The number of carbonyl (C=O) groups is 1. The first-order chi connectivity index (χ1) is 11.6. The van der Waals surface area contributed by atoms with E-state index in [-0.39, 0.29) is 17.8 Å². The van der Waals surface area contributed by atoms with Crippen molar-refractivity contribution in [1.29, 1.82) is 0 Å². The molecule has 1 unspecified atom stereocenters. The Morgan fingerprint density at radius 2 is 1.65 bits per heavy atom. The lowest BCUT2D eigenvalue weighted by atomic mass is 10.1. The number of hydrogen-bond donors (Lipinski definition) is 2. The summed E-state index contributed by atoms with van der Waals surface area (Å²) < 4.78 is 58.6. The standard InChI is InChI=1S/C17H25F3N2O3S/c1-15(2,3)25-14(23)22-13-8-11(7-12(9-13)17(18,19)20)10-21-26(24)16(4,5)6/h7-9,21H,10H2,1-6H3,(H,22,23). The van der Waals surface area contributed by atoms with Crippen LogP contribution in [0.4, 0.5) is 23.7 Å². The lowest BCUT2D eigenvalue weighted by molar-refractivity contribution is -0.137. The quantitative estimate of drug-likeness (QED) is 0.784. The van der Waals surface area contributed by atoms with Gasteiger partial charge in [-0.3, -0.25) is 5.32 Å². The van der Waals surface area contributed by atoms with Gasteiger partial charge in [0.25, 0.3) is 0 Å². The summed E-state index contributed by atoms with van der Waals surface area (Å²) in [6, 6.07) is 3.16. The van der Waals surface area contributed by atoms with E-state index in [4.69, 9.17) is 4.74 Å². The Hall–Kier alpha value is -1.61. The Morgan fingerprint density at radius 1 is 1.08 bits per heavy atom. The highest BCUT2D eigenvalue weighted by Crippen LogP contribution is 2.32. The van der Waals surface area contributed by atoms with Crippen molar-refractivity contribution in [3.63, 3.8) is 0 Å². The fourth-order valence-corrected chi connectivity index (χ4v) is 2.55. The molecule has 9 heteroatoms. The van der Waals surface area contributed by atoms with E-state index in [2.05, 4.69) is 10.0 Å². The summed E-state index contributed by atoms with van der Waals surface area (Å²) in [6.45, 7) is 10.1. The lowest BCUT2D eigenvalue weighted by Crippen LogP contribution is -2.33. The third-order valence-electron chi connectivity index (χ3n) is 2.93. The van der Waals surface area contributed by atoms with Crippen LogP contribution >= 0.6 is 0 Å². The summed E-state index contributed by atoms with van der Waals surface area (Å²) in [7, 11) is -1.44. The molecule has 0 heterocycles. The van der Waals surface area contributed by atoms with Gasteiger partial charge in [0.2, 0.25) is 0 Å². The van der Waals surface area contributed by atoms with Crippen LogP contribution in [-0.4, -0.2) is 20.7 Å². The number of alkyl halides is 3. The summed E-state index contributed by atoms with van der Waals surface area (Å²) in [5.74, 6) is 0. The maximum absolute atomic E-state index is 13.1. The van der Waals surface area contributed by atoms with E-state index in [1.165, 1.54) is 6.07 Å². The average molecular weight is 394 g/mol. The molecular formula is C17H25F3N2O3S. The zero-order chi connectivity index (χ0) is 20.3. The lowest BCUT2D eigenvalue weighted by Gasteiger charge is -2.21. The number of nitrogens with one attached hydrogen (secondary N) is 2. The molecule has 1 aromatic rings. The number of anilines is 1. The predicted octanol–water partition coefficient (Wildman–Crippen LogP) is 4.60. The Morgan fingerprint density at radius 3 is 2.12 bits per heavy atom. The molecule has 0 aliphatic carbocycles. The van der Waals surface area contributed by atoms with Gasteiger partial charge in [0, 0.05) is 12.2 Å². The van der Waals surface area contributed by atoms with Gasteiger partial charge in [-0.2, -0.15) is 13.2 Å². The molecule has 0 saturated heterocycles. The third-order valence-corrected chi connectivity index (χ3v) is 4.45. The van der Waals surface area contributed by atoms with Crippen molar-refractivity contribution in [1.82, 2.24) is 4.72 Å². The number of ether oxygens (including phenoxy) is 1. The molecule has 0 bridgehead atoms. The number of amides is 1. The Balaban J connectivity index is 3.04. The molecule has 5 nitrogen and oxygen atoms in total. The molecule has 0 aromatic heterocycles. The Bertz CT molecular complexity index is 677. The second-order valence-corrected chi connectivity index (χ2v) is 9.80. The topological polar surface area (TPSA) is 67.4 Å². The van der Waals surface area contributed by atoms with E-state index in [0.29, 0.717) is 0 Å². The van der Waals surface area contributed by atoms with Crippen molar-refractivity contribution >= 4 is 22.8 Å². The monoisotopic (exact) mass is 394 g/mol. The summed E-state index contributed by atoms with van der Waals surface area (Å²) >= 11 is 0. The van der Waals surface area contributed by atoms with E-state index >= 15 is 0 Å². The minimum atomic E-state index is -4.58. The molecule has 148 valence electrons. The Labute approximate surface area is 154 Å². The predicted molar refractivity (Wildman–Crippen MR) is 96.0 cm³/mol. The highest BCUT2D eigenvalue weighted by atomic mass is 32.2. The molecule has 1 aromatic carbocycles. The highest BCUT2D eigenvalue weighted by molar-refractivity contribution is 7.84. The second kappa shape index (κ2) is 7.96. The van der Waals surface area contributed by atoms with E-state index in [1.807, 2.05) is 0 Å². The van der Waals surface area contributed by atoms with Gasteiger partial charge in [0.1, 0.15) is 5.60 Å². The molecule has 0 spiro atoms. The number of hydrogen-bond acceptors (Lipinski definition) is 3. The molecular weight excluding hydrogens is 369 g/mol. The van der Waals surface area contributed by atoms with Crippen LogP contribution in [0.5, 0.6) is 0 Å². The molecule has 1 rings (SSSR count). The van der Waals surface area contributed by atoms with Crippen LogP contribution in [0.2, 0.25) is 0 Å². The van der Waals surface area contributed by atoms with Gasteiger partial charge in [0.15, 0.2) is 0 Å². The van der Waals surface area contributed by atoms with Crippen molar-refractivity contribution < 1.29 is 26.9 Å². The van der Waals surface area contributed by atoms with E-state index in [0.717, 1.165) is 12.1 Å². The second-order valence-electron chi connectivity index (χ2n) is 7.75. The number of carbonyl (C=O) groups excluding carboxylic acids is 1. The van der Waals surface area contributed by atoms with Crippen LogP contribution in [0, 0.1) is 0 Å². The van der Waals surface area contributed by atoms with Crippen LogP contribution in [-0.2, 0) is 28.4 Å². The minimum absolute atomic E-state index is 0.0448. The fourth-order valence-electron chi connectivity index (χ4n) is 1.82. The zero-order valence-electron chi connectivity index (χ0n) is 15.7. The first kappa shape index (κ1) is 22.4. The first-order valence-corrected chi connectivity index (χ1v) is 9.09. The van der Waals surface area contributed by atoms with Crippen molar-refractivity contribution in [2.24, 2.45) is 0 Å². The van der Waals surface area contributed by atoms with Gasteiger partial charge >= 0.3 is 12.3 Å². The summed E-state index contributed by atoms with van der Waals surface area (Å²) in [5, 5.41) is 2.30. The third kappa shape index (κ3) is 7.74. The van der Waals surface area contributed by atoms with Crippen LogP contribution in [0.15, 0.2) is 18.2 Å². The zero-order valence-corrected chi connectivity index (χ0v) is 16.5. The molecule has 1 atom stereocenters. The van der Waals surface area contributed by atoms with Gasteiger partial charge in [-0.25, -0.2) is 13.7 Å². The van der Waals surface area contributed by atoms with Gasteiger partial charge in [0.05, 0.1) is 21.3 Å². The van der Waals surface area contributed by atoms with E-state index < -0.39 is 39.2 Å². The van der Waals surface area contributed by atoms with E-state index in [1.54, 1.807) is 41.5 Å². The van der Waals surface area contributed by atoms with Crippen molar-refractivity contribution in [3.8, 4) is 0 Å². The molecule has 2 N–H and O–H groups in total. The molecule has 26 heavy (non-hydrogen) atoms. The number of halogens is 3. The van der Waals surface area contributed by atoms with Crippen molar-refractivity contribution in [3.05, 3.63) is 29.3 Å². The van der Waals surface area contributed by atoms with Crippen LogP contribution < -0.4 is 10.0 Å². The van der Waals surface area contributed by atoms with Gasteiger partial charge in [-0.05, 0) is 65.3 Å². The number of benzene rings is 1. The van der Waals surface area contributed by atoms with Gasteiger partial charge in [-0.1, -0.05) is 0 Å². The summed E-state index contributed by atoms with van der Waals surface area (Å²) in [4.78, 5) is 11.8. The largest absolute Gasteiger partial charge is 0.444 e. The first-order valence-electron chi connectivity index (χ1n) is 7.94. The van der Waals surface area contributed by atoms with Crippen molar-refractivity contribution in [2.45, 2.75) is 64.6 Å². The molecule has 0 saturated carbocycles. The minimum Gasteiger partial charge on any atom is -0.444 e. The molecule has 0 aliphatic rings.